The molecule has 0 bridgehead atoms. The zero-order valence-corrected chi connectivity index (χ0v) is 7.33. The third kappa shape index (κ3) is 1.38. The predicted molar refractivity (Wildman–Crippen MR) is 50.5 cm³/mol. The van der Waals surface area contributed by atoms with Crippen molar-refractivity contribution in [1.82, 2.24) is 0 Å². The van der Waals surface area contributed by atoms with Crippen molar-refractivity contribution in [3.05, 3.63) is 41.2 Å². The lowest BCUT2D eigenvalue weighted by molar-refractivity contribution is 0.473. The molecule has 1 aromatic carbocycles. The lowest BCUT2D eigenvalue weighted by atomic mass is 9.96. The Labute approximate surface area is 77.6 Å². The molecule has 0 aromatic heterocycles. The number of nitrogens with zero attached hydrogens (tertiary/aromatic N) is 1. The van der Waals surface area contributed by atoms with Gasteiger partial charge in [0.2, 0.25) is 6.54 Å². The molecule has 0 atom stereocenters. The summed E-state index contributed by atoms with van der Waals surface area (Å²) < 4.78 is 0. The maximum absolute atomic E-state index is 9.29. The van der Waals surface area contributed by atoms with Gasteiger partial charge in [0.15, 0.2) is 0 Å². The molecule has 0 saturated heterocycles. The van der Waals surface area contributed by atoms with E-state index >= 15 is 0 Å². The highest BCUT2D eigenvalue weighted by Crippen LogP contribution is 2.48. The van der Waals surface area contributed by atoms with Gasteiger partial charge in [-0.15, -0.1) is 0 Å². The minimum atomic E-state index is 0.0699. The van der Waals surface area contributed by atoms with Crippen LogP contribution < -0.4 is 0 Å². The van der Waals surface area contributed by atoms with E-state index in [1.54, 1.807) is 12.1 Å². The molecule has 0 spiro atoms. The first-order valence-electron chi connectivity index (χ1n) is 4.40. The van der Waals surface area contributed by atoms with E-state index in [-0.39, 0.29) is 5.41 Å². The van der Waals surface area contributed by atoms with E-state index in [1.807, 2.05) is 12.1 Å². The van der Waals surface area contributed by atoms with Crippen molar-refractivity contribution in [3.8, 4) is 5.75 Å². The van der Waals surface area contributed by atoms with Crippen LogP contribution in [0.1, 0.15) is 18.4 Å². The molecule has 66 valence electrons. The Morgan fingerprint density at radius 2 is 2.23 bits per heavy atom. The van der Waals surface area contributed by atoms with Gasteiger partial charge in [-0.3, -0.25) is 0 Å². The summed E-state index contributed by atoms with van der Waals surface area (Å²) in [5.74, 6) is 0.300. The number of hydrogen-bond acceptors (Lipinski definition) is 1. The first-order chi connectivity index (χ1) is 6.27. The minimum absolute atomic E-state index is 0.0699. The standard InChI is InChI=1S/C11H11NO/c1-12-8-11(5-6-11)9-3-2-4-10(13)7-9/h2-4,7,13H,5-6,8H2. The van der Waals surface area contributed by atoms with E-state index in [0.717, 1.165) is 18.4 Å². The Kier molecular flexibility index (Phi) is 1.73. The fourth-order valence-electron chi connectivity index (χ4n) is 1.68. The average molecular weight is 173 g/mol. The van der Waals surface area contributed by atoms with Crippen molar-refractivity contribution < 1.29 is 5.11 Å². The van der Waals surface area contributed by atoms with E-state index in [0.29, 0.717) is 12.3 Å². The summed E-state index contributed by atoms with van der Waals surface area (Å²) in [6, 6.07) is 7.28. The quantitative estimate of drug-likeness (QED) is 0.682. The smallest absolute Gasteiger partial charge is 0.224 e. The average Bonchev–Trinajstić information content (AvgIpc) is 2.86. The van der Waals surface area contributed by atoms with Gasteiger partial charge in [-0.2, -0.15) is 0 Å². The maximum atomic E-state index is 9.29. The Morgan fingerprint density at radius 1 is 1.46 bits per heavy atom. The number of benzene rings is 1. The highest BCUT2D eigenvalue weighted by molar-refractivity contribution is 5.37. The van der Waals surface area contributed by atoms with Gasteiger partial charge in [-0.1, -0.05) is 12.1 Å². The number of phenols is 1. The van der Waals surface area contributed by atoms with Crippen LogP contribution in [0.4, 0.5) is 0 Å². The molecular weight excluding hydrogens is 162 g/mol. The fraction of sp³-hybridized carbons (Fsp3) is 0.364. The Morgan fingerprint density at radius 3 is 2.77 bits per heavy atom. The molecule has 1 aliphatic carbocycles. The summed E-state index contributed by atoms with van der Waals surface area (Å²) in [6.45, 7) is 7.42. The Hall–Kier alpha value is -1.49. The summed E-state index contributed by atoms with van der Waals surface area (Å²) in [7, 11) is 0. The van der Waals surface area contributed by atoms with Gasteiger partial charge in [0, 0.05) is 0 Å². The molecule has 2 rings (SSSR count). The summed E-state index contributed by atoms with van der Waals surface area (Å²) in [6.07, 6.45) is 2.16. The first-order valence-corrected chi connectivity index (χ1v) is 4.40. The van der Waals surface area contributed by atoms with Crippen LogP contribution in [0.25, 0.3) is 4.85 Å². The van der Waals surface area contributed by atoms with Gasteiger partial charge in [0.05, 0.1) is 5.41 Å². The van der Waals surface area contributed by atoms with E-state index in [4.69, 9.17) is 6.57 Å². The molecular formula is C11H11NO. The van der Waals surface area contributed by atoms with Gasteiger partial charge in [0.1, 0.15) is 5.75 Å². The van der Waals surface area contributed by atoms with Crippen LogP contribution in [-0.2, 0) is 5.41 Å². The summed E-state index contributed by atoms with van der Waals surface area (Å²) in [5.41, 5.74) is 1.18. The summed E-state index contributed by atoms with van der Waals surface area (Å²) in [4.78, 5) is 3.44. The first kappa shape index (κ1) is 8.12. The molecule has 0 heterocycles. The number of phenolic OH excluding ortho intramolecular Hbond substituents is 1. The third-order valence-corrected chi connectivity index (χ3v) is 2.69. The second kappa shape index (κ2) is 2.77. The predicted octanol–water partition coefficient (Wildman–Crippen LogP) is 2.34. The van der Waals surface area contributed by atoms with Gasteiger partial charge >= 0.3 is 0 Å². The zero-order valence-electron chi connectivity index (χ0n) is 7.33. The zero-order chi connectivity index (χ0) is 9.31. The molecule has 0 radical (unpaired) electrons. The molecule has 1 N–H and O–H groups in total. The van der Waals surface area contributed by atoms with Gasteiger partial charge in [0.25, 0.3) is 0 Å². The largest absolute Gasteiger partial charge is 0.508 e. The molecule has 1 aliphatic rings. The summed E-state index contributed by atoms with van der Waals surface area (Å²) >= 11 is 0. The van der Waals surface area contributed by atoms with Gasteiger partial charge in [-0.25, -0.2) is 6.57 Å². The van der Waals surface area contributed by atoms with Gasteiger partial charge in [-0.05, 0) is 30.5 Å². The molecule has 0 aliphatic heterocycles. The van der Waals surface area contributed by atoms with Crippen molar-refractivity contribution in [1.29, 1.82) is 0 Å². The summed E-state index contributed by atoms with van der Waals surface area (Å²) in [5, 5.41) is 9.29. The molecule has 1 fully saturated rings. The number of aromatic hydroxyl groups is 1. The monoisotopic (exact) mass is 173 g/mol. The molecule has 2 nitrogen and oxygen atoms in total. The number of rotatable bonds is 2. The molecule has 0 amide bonds. The van der Waals surface area contributed by atoms with E-state index in [1.165, 1.54) is 0 Å². The number of hydrogen-bond donors (Lipinski definition) is 1. The third-order valence-electron chi connectivity index (χ3n) is 2.69. The Bertz CT molecular complexity index is 361. The maximum Gasteiger partial charge on any atom is 0.224 e. The van der Waals surface area contributed by atoms with Crippen LogP contribution in [0.5, 0.6) is 5.75 Å². The topological polar surface area (TPSA) is 24.6 Å². The highest BCUT2D eigenvalue weighted by atomic mass is 16.3. The molecule has 0 unspecified atom stereocenters. The van der Waals surface area contributed by atoms with Gasteiger partial charge < -0.3 is 9.95 Å². The lowest BCUT2D eigenvalue weighted by Gasteiger charge is -2.08. The highest BCUT2D eigenvalue weighted by Gasteiger charge is 2.47. The van der Waals surface area contributed by atoms with E-state index in [2.05, 4.69) is 4.85 Å². The van der Waals surface area contributed by atoms with Crippen LogP contribution in [-0.4, -0.2) is 11.7 Å². The lowest BCUT2D eigenvalue weighted by Crippen LogP contribution is -2.08. The SMILES string of the molecule is [C-]#[N+]CC1(c2cccc(O)c2)CC1. The molecule has 13 heavy (non-hydrogen) atoms. The van der Waals surface area contributed by atoms with Crippen LogP contribution in [0.3, 0.4) is 0 Å². The van der Waals surface area contributed by atoms with Crippen molar-refractivity contribution in [2.24, 2.45) is 0 Å². The molecule has 1 saturated carbocycles. The van der Waals surface area contributed by atoms with Crippen LogP contribution in [0.2, 0.25) is 0 Å². The van der Waals surface area contributed by atoms with Crippen LogP contribution >= 0.6 is 0 Å². The minimum Gasteiger partial charge on any atom is -0.508 e. The van der Waals surface area contributed by atoms with Crippen molar-refractivity contribution in [3.63, 3.8) is 0 Å². The Balaban J connectivity index is 2.31. The van der Waals surface area contributed by atoms with Crippen molar-refractivity contribution in [2.75, 3.05) is 6.54 Å². The molecule has 1 aromatic rings. The second-order valence-electron chi connectivity index (χ2n) is 3.65. The van der Waals surface area contributed by atoms with Crippen molar-refractivity contribution in [2.45, 2.75) is 18.3 Å². The normalized spacial score (nSPS) is 17.8. The fourth-order valence-corrected chi connectivity index (χ4v) is 1.68. The second-order valence-corrected chi connectivity index (χ2v) is 3.65. The molecule has 2 heteroatoms. The van der Waals surface area contributed by atoms with E-state index < -0.39 is 0 Å². The van der Waals surface area contributed by atoms with E-state index in [9.17, 15) is 5.11 Å². The van der Waals surface area contributed by atoms with Crippen LogP contribution in [0, 0.1) is 6.57 Å². The van der Waals surface area contributed by atoms with Crippen LogP contribution in [0.15, 0.2) is 24.3 Å². The van der Waals surface area contributed by atoms with Crippen molar-refractivity contribution >= 4 is 0 Å².